The lowest BCUT2D eigenvalue weighted by molar-refractivity contribution is 0.925. The second-order valence-electron chi connectivity index (χ2n) is 4.60. The highest BCUT2D eigenvalue weighted by Crippen LogP contribution is 2.24. The van der Waals surface area contributed by atoms with E-state index in [0.717, 1.165) is 15.9 Å². The van der Waals surface area contributed by atoms with E-state index >= 15 is 0 Å². The molecule has 0 N–H and O–H groups in total. The van der Waals surface area contributed by atoms with Gasteiger partial charge in [-0.3, -0.25) is 0 Å². The van der Waals surface area contributed by atoms with Crippen LogP contribution in [0, 0.1) is 18.3 Å². The monoisotopic (exact) mass is 279 g/mol. The second-order valence-corrected chi connectivity index (χ2v) is 5.92. The van der Waals surface area contributed by atoms with E-state index in [1.807, 2.05) is 48.0 Å². The first-order chi connectivity index (χ1) is 9.69. The fourth-order valence-electron chi connectivity index (χ4n) is 2.21. The molecule has 0 aliphatic heterocycles. The molecule has 98 valence electrons. The van der Waals surface area contributed by atoms with Gasteiger partial charge in [0.1, 0.15) is 6.07 Å². The molecular weight excluding hydrogens is 266 g/mol. The molecule has 0 amide bonds. The second kappa shape index (κ2) is 4.95. The summed E-state index contributed by atoms with van der Waals surface area (Å²) in [6, 6.07) is 14.3. The Kier molecular flexibility index (Phi) is 3.13. The molecule has 0 spiro atoms. The number of hydrogen-bond acceptors (Lipinski definition) is 3. The fraction of sp³-hybridized carbons (Fsp3) is 0.125. The van der Waals surface area contributed by atoms with Gasteiger partial charge >= 0.3 is 0 Å². The Labute approximate surface area is 121 Å². The SMILES string of the molecule is Cc1ccc(/C=C(\C#N)c2nc3ccccc3n2C)s1. The summed E-state index contributed by atoms with van der Waals surface area (Å²) in [6.07, 6.45) is 1.90. The molecule has 1 aromatic carbocycles. The Morgan fingerprint density at radius 3 is 2.75 bits per heavy atom. The lowest BCUT2D eigenvalue weighted by Gasteiger charge is -2.00. The Hall–Kier alpha value is -2.38. The Bertz CT molecular complexity index is 846. The van der Waals surface area contributed by atoms with E-state index in [9.17, 15) is 5.26 Å². The molecule has 2 heterocycles. The minimum atomic E-state index is 0.588. The Morgan fingerprint density at radius 2 is 2.10 bits per heavy atom. The standard InChI is InChI=1S/C16H13N3S/c1-11-7-8-13(20-11)9-12(10-17)16-18-14-5-3-4-6-15(14)19(16)2/h3-9H,1-2H3/b12-9+. The number of aromatic nitrogens is 2. The van der Waals surface area contributed by atoms with Crippen LogP contribution in [0.1, 0.15) is 15.6 Å². The largest absolute Gasteiger partial charge is 0.327 e. The van der Waals surface area contributed by atoms with Gasteiger partial charge in [0.05, 0.1) is 16.6 Å². The molecule has 0 fully saturated rings. The summed E-state index contributed by atoms with van der Waals surface area (Å²) in [5.41, 5.74) is 2.53. The first kappa shape index (κ1) is 12.6. The number of thiophene rings is 1. The van der Waals surface area contributed by atoms with Crippen LogP contribution in [-0.4, -0.2) is 9.55 Å². The van der Waals surface area contributed by atoms with Gasteiger partial charge in [-0.2, -0.15) is 5.26 Å². The van der Waals surface area contributed by atoms with Gasteiger partial charge in [0.25, 0.3) is 0 Å². The number of nitrogens with zero attached hydrogens (tertiary/aromatic N) is 3. The quantitative estimate of drug-likeness (QED) is 0.665. The van der Waals surface area contributed by atoms with Crippen molar-refractivity contribution < 1.29 is 0 Å². The van der Waals surface area contributed by atoms with E-state index in [4.69, 9.17) is 0 Å². The van der Waals surface area contributed by atoms with Crippen molar-refractivity contribution >= 4 is 34.0 Å². The number of imidazole rings is 1. The third-order valence-electron chi connectivity index (χ3n) is 3.20. The lowest BCUT2D eigenvalue weighted by atomic mass is 10.2. The van der Waals surface area contributed by atoms with Crippen molar-refractivity contribution in [1.82, 2.24) is 9.55 Å². The van der Waals surface area contributed by atoms with Gasteiger partial charge in [-0.05, 0) is 37.3 Å². The first-order valence-corrected chi connectivity index (χ1v) is 7.11. The normalized spacial score (nSPS) is 11.8. The molecule has 0 atom stereocenters. The van der Waals surface area contributed by atoms with Crippen molar-refractivity contribution in [3.05, 3.63) is 52.0 Å². The predicted molar refractivity (Wildman–Crippen MR) is 83.3 cm³/mol. The van der Waals surface area contributed by atoms with E-state index in [-0.39, 0.29) is 0 Å². The molecule has 4 heteroatoms. The average Bonchev–Trinajstić information content (AvgIpc) is 3.01. The predicted octanol–water partition coefficient (Wildman–Crippen LogP) is 4.01. The number of nitriles is 1. The molecule has 2 aromatic heterocycles. The highest BCUT2D eigenvalue weighted by molar-refractivity contribution is 7.12. The van der Waals surface area contributed by atoms with Crippen LogP contribution in [0.4, 0.5) is 0 Å². The van der Waals surface area contributed by atoms with Gasteiger partial charge in [-0.15, -0.1) is 11.3 Å². The smallest absolute Gasteiger partial charge is 0.151 e. The van der Waals surface area contributed by atoms with Gasteiger partial charge in [-0.1, -0.05) is 12.1 Å². The molecule has 0 aliphatic carbocycles. The van der Waals surface area contributed by atoms with Crippen molar-refractivity contribution in [2.45, 2.75) is 6.92 Å². The molecule has 0 aliphatic rings. The van der Waals surface area contributed by atoms with Crippen molar-refractivity contribution in [1.29, 1.82) is 5.26 Å². The zero-order chi connectivity index (χ0) is 14.1. The van der Waals surface area contributed by atoms with Crippen LogP contribution in [0.15, 0.2) is 36.4 Å². The molecule has 20 heavy (non-hydrogen) atoms. The molecular formula is C16H13N3S. The van der Waals surface area contributed by atoms with Crippen LogP contribution in [0.25, 0.3) is 22.7 Å². The number of para-hydroxylation sites is 2. The summed E-state index contributed by atoms with van der Waals surface area (Å²) in [5.74, 6) is 0.708. The first-order valence-electron chi connectivity index (χ1n) is 6.29. The zero-order valence-electron chi connectivity index (χ0n) is 11.3. The highest BCUT2D eigenvalue weighted by atomic mass is 32.1. The minimum Gasteiger partial charge on any atom is -0.327 e. The maximum Gasteiger partial charge on any atom is 0.151 e. The van der Waals surface area contributed by atoms with Crippen LogP contribution in [0.3, 0.4) is 0 Å². The summed E-state index contributed by atoms with van der Waals surface area (Å²) in [6.45, 7) is 2.06. The van der Waals surface area contributed by atoms with Crippen molar-refractivity contribution in [2.24, 2.45) is 7.05 Å². The molecule has 3 aromatic rings. The van der Waals surface area contributed by atoms with Gasteiger partial charge in [0.2, 0.25) is 0 Å². The van der Waals surface area contributed by atoms with Crippen LogP contribution in [0.2, 0.25) is 0 Å². The lowest BCUT2D eigenvalue weighted by Crippen LogP contribution is -1.95. The topological polar surface area (TPSA) is 41.6 Å². The van der Waals surface area contributed by atoms with E-state index in [2.05, 4.69) is 24.0 Å². The molecule has 0 saturated heterocycles. The third kappa shape index (κ3) is 2.13. The van der Waals surface area contributed by atoms with E-state index < -0.39 is 0 Å². The van der Waals surface area contributed by atoms with Gasteiger partial charge in [0, 0.05) is 16.8 Å². The van der Waals surface area contributed by atoms with Gasteiger partial charge < -0.3 is 4.57 Å². The Balaban J connectivity index is 2.15. The Morgan fingerprint density at radius 1 is 1.30 bits per heavy atom. The number of rotatable bonds is 2. The molecule has 0 unspecified atom stereocenters. The molecule has 0 radical (unpaired) electrons. The van der Waals surface area contributed by atoms with E-state index in [0.29, 0.717) is 11.4 Å². The number of aryl methyl sites for hydroxylation is 2. The highest BCUT2D eigenvalue weighted by Gasteiger charge is 2.11. The summed E-state index contributed by atoms with van der Waals surface area (Å²) in [4.78, 5) is 6.87. The van der Waals surface area contributed by atoms with Crippen molar-refractivity contribution in [3.63, 3.8) is 0 Å². The van der Waals surface area contributed by atoms with Crippen molar-refractivity contribution in [3.8, 4) is 6.07 Å². The maximum atomic E-state index is 9.43. The average molecular weight is 279 g/mol. The van der Waals surface area contributed by atoms with Crippen LogP contribution in [0.5, 0.6) is 0 Å². The number of hydrogen-bond donors (Lipinski definition) is 0. The van der Waals surface area contributed by atoms with Crippen molar-refractivity contribution in [2.75, 3.05) is 0 Å². The third-order valence-corrected chi connectivity index (χ3v) is 4.14. The molecule has 0 saturated carbocycles. The zero-order valence-corrected chi connectivity index (χ0v) is 12.1. The fourth-order valence-corrected chi connectivity index (χ4v) is 3.03. The van der Waals surface area contributed by atoms with Crippen LogP contribution < -0.4 is 0 Å². The number of benzene rings is 1. The molecule has 0 bridgehead atoms. The van der Waals surface area contributed by atoms with Gasteiger partial charge in [-0.25, -0.2) is 4.98 Å². The summed E-state index contributed by atoms with van der Waals surface area (Å²) >= 11 is 1.67. The van der Waals surface area contributed by atoms with E-state index in [1.54, 1.807) is 11.3 Å². The van der Waals surface area contributed by atoms with Crippen LogP contribution >= 0.6 is 11.3 Å². The van der Waals surface area contributed by atoms with Gasteiger partial charge in [0.15, 0.2) is 5.82 Å². The summed E-state index contributed by atoms with van der Waals surface area (Å²) in [5, 5.41) is 9.43. The summed E-state index contributed by atoms with van der Waals surface area (Å²) in [7, 11) is 1.94. The van der Waals surface area contributed by atoms with E-state index in [1.165, 1.54) is 4.88 Å². The minimum absolute atomic E-state index is 0.588. The molecule has 3 rings (SSSR count). The maximum absolute atomic E-state index is 9.43. The van der Waals surface area contributed by atoms with Crippen LogP contribution in [-0.2, 0) is 7.05 Å². The number of fused-ring (bicyclic) bond motifs is 1. The summed E-state index contributed by atoms with van der Waals surface area (Å²) < 4.78 is 1.96. The molecule has 3 nitrogen and oxygen atoms in total. The number of allylic oxidation sites excluding steroid dienone is 1.